The fourth-order valence-corrected chi connectivity index (χ4v) is 1.32. The van der Waals surface area contributed by atoms with Crippen molar-refractivity contribution >= 4 is 29.0 Å². The Morgan fingerprint density at radius 2 is 2.15 bits per heavy atom. The van der Waals surface area contributed by atoms with E-state index in [-0.39, 0.29) is 16.7 Å². The molecule has 1 aromatic heterocycles. The first-order chi connectivity index (χ1) is 6.06. The third-order valence-corrected chi connectivity index (χ3v) is 2.03. The Balaban J connectivity index is 3.23. The maximum atomic E-state index is 12.3. The molecule has 0 fully saturated rings. The van der Waals surface area contributed by atoms with E-state index in [4.69, 9.17) is 28.9 Å². The monoisotopic (exact) mass is 226 g/mol. The molecule has 0 radical (unpaired) electrons. The lowest BCUT2D eigenvalue weighted by molar-refractivity contribution is 0.152. The van der Waals surface area contributed by atoms with Crippen LogP contribution in [0.4, 0.5) is 14.6 Å². The van der Waals surface area contributed by atoms with Gasteiger partial charge in [-0.05, 0) is 6.07 Å². The highest BCUT2D eigenvalue weighted by molar-refractivity contribution is 6.31. The predicted molar refractivity (Wildman–Crippen MR) is 48.2 cm³/mol. The van der Waals surface area contributed by atoms with Gasteiger partial charge in [0.15, 0.2) is 0 Å². The molecular weight excluding hydrogens is 221 g/mol. The summed E-state index contributed by atoms with van der Waals surface area (Å²) in [6.45, 7) is 0. The second-order valence-corrected chi connectivity index (χ2v) is 3.00. The lowest BCUT2D eigenvalue weighted by atomic mass is 10.2. The maximum Gasteiger partial charge on any atom is 0.268 e. The van der Waals surface area contributed by atoms with Crippen LogP contribution < -0.4 is 5.73 Å². The smallest absolute Gasteiger partial charge is 0.268 e. The molecule has 0 saturated carbocycles. The van der Waals surface area contributed by atoms with E-state index in [0.29, 0.717) is 5.69 Å². The number of hydrogen-bond acceptors (Lipinski definition) is 2. The molecule has 1 heterocycles. The first-order valence-corrected chi connectivity index (χ1v) is 4.26. The molecule has 72 valence electrons. The minimum atomic E-state index is -2.72. The van der Waals surface area contributed by atoms with E-state index >= 15 is 0 Å². The van der Waals surface area contributed by atoms with Crippen LogP contribution in [0.3, 0.4) is 0 Å². The van der Waals surface area contributed by atoms with Crippen LogP contribution in [-0.2, 0) is 5.88 Å². The highest BCUT2D eigenvalue weighted by atomic mass is 35.5. The van der Waals surface area contributed by atoms with Gasteiger partial charge in [0.1, 0.15) is 5.82 Å². The van der Waals surface area contributed by atoms with Crippen molar-refractivity contribution in [2.24, 2.45) is 0 Å². The van der Waals surface area contributed by atoms with Gasteiger partial charge in [-0.3, -0.25) is 0 Å². The van der Waals surface area contributed by atoms with Gasteiger partial charge in [0.25, 0.3) is 6.43 Å². The molecule has 0 spiro atoms. The lowest BCUT2D eigenvalue weighted by Gasteiger charge is -2.07. The van der Waals surface area contributed by atoms with E-state index in [9.17, 15) is 8.78 Å². The second kappa shape index (κ2) is 4.07. The Bertz CT molecular complexity index is 294. The lowest BCUT2D eigenvalue weighted by Crippen LogP contribution is -2.01. The van der Waals surface area contributed by atoms with Crippen molar-refractivity contribution in [2.75, 3.05) is 5.73 Å². The molecule has 0 amide bonds. The van der Waals surface area contributed by atoms with E-state index < -0.39 is 12.0 Å². The van der Waals surface area contributed by atoms with E-state index in [1.54, 1.807) is 0 Å². The Hall–Kier alpha value is -0.610. The van der Waals surface area contributed by atoms with Gasteiger partial charge in [-0.25, -0.2) is 13.8 Å². The molecule has 0 saturated heterocycles. The zero-order valence-electron chi connectivity index (χ0n) is 6.40. The van der Waals surface area contributed by atoms with Gasteiger partial charge < -0.3 is 5.73 Å². The summed E-state index contributed by atoms with van der Waals surface area (Å²) in [6.07, 6.45) is -2.72. The van der Waals surface area contributed by atoms with Gasteiger partial charge in [-0.1, -0.05) is 11.6 Å². The fraction of sp³-hybridized carbons (Fsp3) is 0.286. The summed E-state index contributed by atoms with van der Waals surface area (Å²) in [6, 6.07) is 1.28. The van der Waals surface area contributed by atoms with Crippen LogP contribution in [0, 0.1) is 0 Å². The molecule has 0 atom stereocenters. The van der Waals surface area contributed by atoms with Crippen LogP contribution in [0.15, 0.2) is 6.07 Å². The van der Waals surface area contributed by atoms with E-state index in [2.05, 4.69) is 4.98 Å². The molecule has 0 aliphatic heterocycles. The van der Waals surface area contributed by atoms with Gasteiger partial charge in [0.05, 0.1) is 22.2 Å². The van der Waals surface area contributed by atoms with Crippen LogP contribution in [0.1, 0.15) is 17.7 Å². The van der Waals surface area contributed by atoms with Gasteiger partial charge >= 0.3 is 0 Å². The topological polar surface area (TPSA) is 38.9 Å². The van der Waals surface area contributed by atoms with Crippen molar-refractivity contribution < 1.29 is 8.78 Å². The number of hydrogen-bond donors (Lipinski definition) is 1. The second-order valence-electron chi connectivity index (χ2n) is 2.33. The molecule has 0 unspecified atom stereocenters. The number of rotatable bonds is 2. The van der Waals surface area contributed by atoms with Crippen molar-refractivity contribution in [3.05, 3.63) is 22.3 Å². The minimum absolute atomic E-state index is 0.0907. The van der Waals surface area contributed by atoms with Crippen LogP contribution in [-0.4, -0.2) is 4.98 Å². The van der Waals surface area contributed by atoms with E-state index in [1.807, 2.05) is 0 Å². The molecule has 0 aliphatic rings. The third kappa shape index (κ3) is 2.19. The summed E-state index contributed by atoms with van der Waals surface area (Å²) in [7, 11) is 0. The Morgan fingerprint density at radius 3 is 2.54 bits per heavy atom. The van der Waals surface area contributed by atoms with Crippen molar-refractivity contribution in [2.45, 2.75) is 12.3 Å². The summed E-state index contributed by atoms with van der Waals surface area (Å²) < 4.78 is 24.6. The highest BCUT2D eigenvalue weighted by Crippen LogP contribution is 2.31. The summed E-state index contributed by atoms with van der Waals surface area (Å²) in [5.41, 5.74) is 5.21. The summed E-state index contributed by atoms with van der Waals surface area (Å²) >= 11 is 11.0. The average Bonchev–Trinajstić information content (AvgIpc) is 2.02. The molecule has 0 aromatic carbocycles. The van der Waals surface area contributed by atoms with Crippen LogP contribution in [0.2, 0.25) is 5.02 Å². The zero-order chi connectivity index (χ0) is 10.0. The molecule has 6 heteroatoms. The average molecular weight is 227 g/mol. The number of aromatic nitrogens is 1. The van der Waals surface area contributed by atoms with Crippen molar-refractivity contribution in [3.8, 4) is 0 Å². The molecule has 1 aromatic rings. The first-order valence-electron chi connectivity index (χ1n) is 3.35. The summed E-state index contributed by atoms with van der Waals surface area (Å²) in [4.78, 5) is 3.66. The molecule has 2 nitrogen and oxygen atoms in total. The number of alkyl halides is 3. The van der Waals surface area contributed by atoms with E-state index in [1.165, 1.54) is 6.07 Å². The number of pyridine rings is 1. The maximum absolute atomic E-state index is 12.3. The molecule has 2 N–H and O–H groups in total. The highest BCUT2D eigenvalue weighted by Gasteiger charge is 2.17. The largest absolute Gasteiger partial charge is 0.383 e. The van der Waals surface area contributed by atoms with Gasteiger partial charge in [0.2, 0.25) is 0 Å². The first kappa shape index (κ1) is 10.5. The molecule has 13 heavy (non-hydrogen) atoms. The van der Waals surface area contributed by atoms with Crippen molar-refractivity contribution in [1.29, 1.82) is 0 Å². The Kier molecular flexibility index (Phi) is 3.27. The number of nitrogens with zero attached hydrogens (tertiary/aromatic N) is 1. The standard InChI is InChI=1S/C7H6Cl2F2N2/c8-2-3-1-4(9)5(6(10)11)7(12)13-3/h1,6H,2H2,(H2,12,13). The van der Waals surface area contributed by atoms with Gasteiger partial charge in [0, 0.05) is 0 Å². The SMILES string of the molecule is Nc1nc(CCl)cc(Cl)c1C(F)F. The van der Waals surface area contributed by atoms with Crippen LogP contribution >= 0.6 is 23.2 Å². The predicted octanol–water partition coefficient (Wildman–Crippen LogP) is 2.99. The van der Waals surface area contributed by atoms with Crippen molar-refractivity contribution in [1.82, 2.24) is 4.98 Å². The molecule has 0 bridgehead atoms. The molecule has 1 rings (SSSR count). The Labute approximate surface area is 83.7 Å². The van der Waals surface area contributed by atoms with Gasteiger partial charge in [-0.15, -0.1) is 11.6 Å². The van der Waals surface area contributed by atoms with Crippen molar-refractivity contribution in [3.63, 3.8) is 0 Å². The summed E-state index contributed by atoms with van der Waals surface area (Å²) in [5, 5.41) is -0.0989. The zero-order valence-corrected chi connectivity index (χ0v) is 7.91. The number of nitrogens with two attached hydrogens (primary N) is 1. The molecule has 0 aliphatic carbocycles. The Morgan fingerprint density at radius 1 is 1.54 bits per heavy atom. The quantitative estimate of drug-likeness (QED) is 0.788. The van der Waals surface area contributed by atoms with Crippen LogP contribution in [0.5, 0.6) is 0 Å². The van der Waals surface area contributed by atoms with Gasteiger partial charge in [-0.2, -0.15) is 0 Å². The normalized spacial score (nSPS) is 10.8. The number of nitrogen functional groups attached to an aromatic ring is 1. The third-order valence-electron chi connectivity index (χ3n) is 1.45. The number of anilines is 1. The molecular formula is C7H6Cl2F2N2. The fourth-order valence-electron chi connectivity index (χ4n) is 0.878. The van der Waals surface area contributed by atoms with E-state index in [0.717, 1.165) is 0 Å². The number of halogens is 4. The minimum Gasteiger partial charge on any atom is -0.383 e. The van der Waals surface area contributed by atoms with Crippen LogP contribution in [0.25, 0.3) is 0 Å². The summed E-state index contributed by atoms with van der Waals surface area (Å²) in [5.74, 6) is -0.175.